The van der Waals surface area contributed by atoms with Crippen LogP contribution in [0.1, 0.15) is 0 Å². The molecular formula is C12H10IN3O. The first-order valence-electron chi connectivity index (χ1n) is 4.97. The van der Waals surface area contributed by atoms with E-state index in [1.807, 2.05) is 24.3 Å². The fraction of sp³-hybridized carbons (Fsp3) is 0. The van der Waals surface area contributed by atoms with Gasteiger partial charge in [0.1, 0.15) is 0 Å². The summed E-state index contributed by atoms with van der Waals surface area (Å²) in [5, 5.41) is 5.46. The fourth-order valence-electron chi connectivity index (χ4n) is 1.26. The predicted octanol–water partition coefficient (Wildman–Crippen LogP) is 3.33. The van der Waals surface area contributed by atoms with Gasteiger partial charge in [0.05, 0.1) is 0 Å². The second-order valence-electron chi connectivity index (χ2n) is 3.32. The Balaban J connectivity index is 1.96. The topological polar surface area (TPSA) is 54.0 Å². The number of carbonyl (C=O) groups excluding carboxylic acids is 1. The lowest BCUT2D eigenvalue weighted by Gasteiger charge is -2.07. The Hall–Kier alpha value is -1.63. The second kappa shape index (κ2) is 5.62. The molecule has 0 fully saturated rings. The minimum atomic E-state index is -0.266. The van der Waals surface area contributed by atoms with Crippen molar-refractivity contribution in [2.45, 2.75) is 0 Å². The number of benzene rings is 1. The number of hydrogen-bond acceptors (Lipinski definition) is 2. The van der Waals surface area contributed by atoms with Crippen LogP contribution in [-0.4, -0.2) is 11.0 Å². The van der Waals surface area contributed by atoms with Gasteiger partial charge < -0.3 is 10.6 Å². The second-order valence-corrected chi connectivity index (χ2v) is 4.57. The van der Waals surface area contributed by atoms with Crippen molar-refractivity contribution in [2.75, 3.05) is 10.6 Å². The number of carbonyl (C=O) groups is 1. The van der Waals surface area contributed by atoms with E-state index in [0.29, 0.717) is 5.69 Å². The Morgan fingerprint density at radius 1 is 0.941 bits per heavy atom. The Bertz CT molecular complexity index is 499. The molecule has 1 aromatic carbocycles. The average Bonchev–Trinajstić information content (AvgIpc) is 2.33. The van der Waals surface area contributed by atoms with Gasteiger partial charge in [-0.05, 0) is 59.0 Å². The first-order valence-corrected chi connectivity index (χ1v) is 6.05. The van der Waals surface area contributed by atoms with E-state index in [1.54, 1.807) is 24.5 Å². The molecule has 0 spiro atoms. The van der Waals surface area contributed by atoms with Gasteiger partial charge >= 0.3 is 6.03 Å². The third-order valence-electron chi connectivity index (χ3n) is 2.04. The van der Waals surface area contributed by atoms with Crippen LogP contribution in [0.15, 0.2) is 48.8 Å². The summed E-state index contributed by atoms with van der Waals surface area (Å²) in [6.45, 7) is 0. The van der Waals surface area contributed by atoms with Crippen molar-refractivity contribution in [3.63, 3.8) is 0 Å². The number of pyridine rings is 1. The molecule has 0 saturated heterocycles. The quantitative estimate of drug-likeness (QED) is 0.825. The lowest BCUT2D eigenvalue weighted by Crippen LogP contribution is -2.19. The Labute approximate surface area is 113 Å². The van der Waals surface area contributed by atoms with E-state index in [1.165, 1.54) is 0 Å². The maximum atomic E-state index is 11.6. The highest BCUT2D eigenvalue weighted by Gasteiger charge is 2.01. The predicted molar refractivity (Wildman–Crippen MR) is 76.0 cm³/mol. The number of aromatic nitrogens is 1. The Morgan fingerprint density at radius 3 is 2.06 bits per heavy atom. The maximum absolute atomic E-state index is 11.6. The molecule has 2 amide bonds. The standard InChI is InChI=1S/C12H10IN3O/c13-9-1-3-10(4-2-9)15-12(17)16-11-5-7-14-8-6-11/h1-8H,(H2,14,15,16,17). The van der Waals surface area contributed by atoms with Gasteiger partial charge in [0.15, 0.2) is 0 Å². The van der Waals surface area contributed by atoms with Gasteiger partial charge in [-0.3, -0.25) is 4.98 Å². The molecule has 0 aliphatic heterocycles. The SMILES string of the molecule is O=C(Nc1ccncc1)Nc1ccc(I)cc1. The van der Waals surface area contributed by atoms with Crippen LogP contribution in [-0.2, 0) is 0 Å². The van der Waals surface area contributed by atoms with E-state index in [0.717, 1.165) is 9.26 Å². The molecule has 17 heavy (non-hydrogen) atoms. The molecule has 0 aliphatic rings. The van der Waals surface area contributed by atoms with Gasteiger partial charge in [-0.1, -0.05) is 0 Å². The summed E-state index contributed by atoms with van der Waals surface area (Å²) in [6, 6.07) is 10.8. The normalized spacial score (nSPS) is 9.71. The molecule has 0 saturated carbocycles. The van der Waals surface area contributed by atoms with Crippen LogP contribution < -0.4 is 10.6 Å². The maximum Gasteiger partial charge on any atom is 0.323 e. The molecular weight excluding hydrogens is 329 g/mol. The fourth-order valence-corrected chi connectivity index (χ4v) is 1.62. The summed E-state index contributed by atoms with van der Waals surface area (Å²) in [5.74, 6) is 0. The number of anilines is 2. The minimum absolute atomic E-state index is 0.266. The van der Waals surface area contributed by atoms with Crippen molar-refractivity contribution in [1.29, 1.82) is 0 Å². The summed E-state index contributed by atoms with van der Waals surface area (Å²) >= 11 is 2.21. The first kappa shape index (κ1) is 11.8. The minimum Gasteiger partial charge on any atom is -0.308 e. The zero-order chi connectivity index (χ0) is 12.1. The van der Waals surface area contributed by atoms with Crippen LogP contribution in [0.3, 0.4) is 0 Å². The third kappa shape index (κ3) is 3.70. The van der Waals surface area contributed by atoms with Gasteiger partial charge in [-0.15, -0.1) is 0 Å². The summed E-state index contributed by atoms with van der Waals surface area (Å²) in [7, 11) is 0. The van der Waals surface area contributed by atoms with Crippen LogP contribution in [0, 0.1) is 3.57 Å². The van der Waals surface area contributed by atoms with E-state index in [2.05, 4.69) is 38.2 Å². The molecule has 1 aromatic heterocycles. The van der Waals surface area contributed by atoms with Gasteiger partial charge in [0, 0.05) is 27.3 Å². The highest BCUT2D eigenvalue weighted by molar-refractivity contribution is 14.1. The molecule has 0 bridgehead atoms. The summed E-state index contributed by atoms with van der Waals surface area (Å²) < 4.78 is 1.13. The zero-order valence-electron chi connectivity index (χ0n) is 8.85. The van der Waals surface area contributed by atoms with Crippen LogP contribution >= 0.6 is 22.6 Å². The molecule has 2 N–H and O–H groups in total. The number of halogens is 1. The highest BCUT2D eigenvalue weighted by Crippen LogP contribution is 2.11. The lowest BCUT2D eigenvalue weighted by molar-refractivity contribution is 0.262. The first-order chi connectivity index (χ1) is 8.24. The zero-order valence-corrected chi connectivity index (χ0v) is 11.0. The van der Waals surface area contributed by atoms with Crippen molar-refractivity contribution in [2.24, 2.45) is 0 Å². The molecule has 0 atom stereocenters. The van der Waals surface area contributed by atoms with Crippen LogP contribution in [0.2, 0.25) is 0 Å². The van der Waals surface area contributed by atoms with Gasteiger partial charge in [-0.25, -0.2) is 4.79 Å². The number of nitrogens with zero attached hydrogens (tertiary/aromatic N) is 1. The Morgan fingerprint density at radius 2 is 1.47 bits per heavy atom. The molecule has 0 radical (unpaired) electrons. The number of urea groups is 1. The van der Waals surface area contributed by atoms with E-state index < -0.39 is 0 Å². The van der Waals surface area contributed by atoms with Crippen molar-refractivity contribution >= 4 is 40.0 Å². The molecule has 0 aliphatic carbocycles. The van der Waals surface area contributed by atoms with Crippen molar-refractivity contribution in [3.05, 3.63) is 52.4 Å². The van der Waals surface area contributed by atoms with E-state index in [9.17, 15) is 4.79 Å². The van der Waals surface area contributed by atoms with Gasteiger partial charge in [-0.2, -0.15) is 0 Å². The molecule has 2 rings (SSSR count). The van der Waals surface area contributed by atoms with Crippen molar-refractivity contribution < 1.29 is 4.79 Å². The van der Waals surface area contributed by atoms with Crippen LogP contribution in [0.25, 0.3) is 0 Å². The molecule has 86 valence electrons. The molecule has 4 nitrogen and oxygen atoms in total. The van der Waals surface area contributed by atoms with Crippen molar-refractivity contribution in [3.8, 4) is 0 Å². The Kier molecular flexibility index (Phi) is 3.92. The van der Waals surface area contributed by atoms with Gasteiger partial charge in [0.25, 0.3) is 0 Å². The van der Waals surface area contributed by atoms with E-state index >= 15 is 0 Å². The smallest absolute Gasteiger partial charge is 0.308 e. The third-order valence-corrected chi connectivity index (χ3v) is 2.76. The summed E-state index contributed by atoms with van der Waals surface area (Å²) in [5.41, 5.74) is 1.47. The number of nitrogens with one attached hydrogen (secondary N) is 2. The van der Waals surface area contributed by atoms with Gasteiger partial charge in [0.2, 0.25) is 0 Å². The summed E-state index contributed by atoms with van der Waals surface area (Å²) in [6.07, 6.45) is 3.25. The van der Waals surface area contributed by atoms with E-state index in [4.69, 9.17) is 0 Å². The monoisotopic (exact) mass is 339 g/mol. The van der Waals surface area contributed by atoms with Crippen LogP contribution in [0.5, 0.6) is 0 Å². The molecule has 0 unspecified atom stereocenters. The molecule has 2 aromatic rings. The summed E-state index contributed by atoms with van der Waals surface area (Å²) in [4.78, 5) is 15.5. The average molecular weight is 339 g/mol. The largest absolute Gasteiger partial charge is 0.323 e. The van der Waals surface area contributed by atoms with E-state index in [-0.39, 0.29) is 6.03 Å². The number of rotatable bonds is 2. The molecule has 1 heterocycles. The number of hydrogen-bond donors (Lipinski definition) is 2. The lowest BCUT2D eigenvalue weighted by atomic mass is 10.3. The van der Waals surface area contributed by atoms with Crippen LogP contribution in [0.4, 0.5) is 16.2 Å². The highest BCUT2D eigenvalue weighted by atomic mass is 127. The van der Waals surface area contributed by atoms with Crippen molar-refractivity contribution in [1.82, 2.24) is 4.98 Å². The molecule has 5 heteroatoms. The number of amides is 2.